The van der Waals surface area contributed by atoms with E-state index in [-0.39, 0.29) is 12.5 Å². The van der Waals surface area contributed by atoms with E-state index in [2.05, 4.69) is 30.9 Å². The van der Waals surface area contributed by atoms with Crippen LogP contribution >= 0.6 is 0 Å². The first kappa shape index (κ1) is 17.1. The highest BCUT2D eigenvalue weighted by Gasteiger charge is 2.19. The third-order valence-electron chi connectivity index (χ3n) is 4.62. The molecule has 2 aromatic heterocycles. The van der Waals surface area contributed by atoms with Crippen LogP contribution in [0.3, 0.4) is 0 Å². The van der Waals surface area contributed by atoms with Gasteiger partial charge in [0.25, 0.3) is 5.91 Å². The molecule has 4 N–H and O–H groups in total. The summed E-state index contributed by atoms with van der Waals surface area (Å²) in [5.41, 5.74) is 1.63. The molecule has 1 aromatic carbocycles. The maximum Gasteiger partial charge on any atom is 0.257 e. The standard InChI is InChI=1S/C19H22N6O2/c1-20-16(26)11-27-14-7-5-13(6-8-14)23-19-24-17-15(9-10-21-17)18(25-19)22-12-3-2-4-12/h5-10,12H,2-4,11H2,1H3,(H,20,26)(H3,21,22,23,24,25). The van der Waals surface area contributed by atoms with Gasteiger partial charge in [-0.15, -0.1) is 0 Å². The van der Waals surface area contributed by atoms with Crippen molar-refractivity contribution in [2.45, 2.75) is 25.3 Å². The lowest BCUT2D eigenvalue weighted by molar-refractivity contribution is -0.122. The summed E-state index contributed by atoms with van der Waals surface area (Å²) in [6.07, 6.45) is 5.48. The van der Waals surface area contributed by atoms with Crippen LogP contribution in [-0.4, -0.2) is 40.6 Å². The molecule has 0 aliphatic heterocycles. The summed E-state index contributed by atoms with van der Waals surface area (Å²) in [7, 11) is 1.58. The Hall–Kier alpha value is -3.29. The summed E-state index contributed by atoms with van der Waals surface area (Å²) < 4.78 is 5.41. The van der Waals surface area contributed by atoms with Crippen LogP contribution in [0.5, 0.6) is 5.75 Å². The highest BCUT2D eigenvalue weighted by atomic mass is 16.5. The summed E-state index contributed by atoms with van der Waals surface area (Å²) in [5.74, 6) is 1.82. The lowest BCUT2D eigenvalue weighted by Gasteiger charge is -2.27. The van der Waals surface area contributed by atoms with E-state index in [9.17, 15) is 4.79 Å². The average Bonchev–Trinajstić information content (AvgIpc) is 3.12. The number of H-pyrrole nitrogens is 1. The van der Waals surface area contributed by atoms with Crippen LogP contribution in [0, 0.1) is 0 Å². The number of aromatic nitrogens is 3. The molecule has 1 saturated carbocycles. The number of carbonyl (C=O) groups excluding carboxylic acids is 1. The average molecular weight is 366 g/mol. The van der Waals surface area contributed by atoms with E-state index in [1.54, 1.807) is 19.2 Å². The van der Waals surface area contributed by atoms with Gasteiger partial charge in [0.1, 0.15) is 17.2 Å². The van der Waals surface area contributed by atoms with Crippen molar-refractivity contribution < 1.29 is 9.53 Å². The quantitative estimate of drug-likeness (QED) is 0.513. The fraction of sp³-hybridized carbons (Fsp3) is 0.316. The summed E-state index contributed by atoms with van der Waals surface area (Å²) in [6.45, 7) is -0.00786. The number of likely N-dealkylation sites (N-methyl/N-ethyl adjacent to an activating group) is 1. The maximum atomic E-state index is 11.2. The monoisotopic (exact) mass is 366 g/mol. The van der Waals surface area contributed by atoms with Gasteiger partial charge in [0.2, 0.25) is 5.95 Å². The molecule has 0 bridgehead atoms. The van der Waals surface area contributed by atoms with Gasteiger partial charge in [-0.3, -0.25) is 4.79 Å². The van der Waals surface area contributed by atoms with Gasteiger partial charge >= 0.3 is 0 Å². The van der Waals surface area contributed by atoms with Crippen LogP contribution in [0.2, 0.25) is 0 Å². The minimum Gasteiger partial charge on any atom is -0.484 e. The molecule has 1 aliphatic rings. The van der Waals surface area contributed by atoms with Gasteiger partial charge in [0, 0.05) is 25.0 Å². The third kappa shape index (κ3) is 3.94. The zero-order valence-corrected chi connectivity index (χ0v) is 15.1. The largest absolute Gasteiger partial charge is 0.484 e. The number of carbonyl (C=O) groups is 1. The highest BCUT2D eigenvalue weighted by Crippen LogP contribution is 2.28. The number of ether oxygens (including phenoxy) is 1. The molecule has 0 unspecified atom stereocenters. The molecule has 0 radical (unpaired) electrons. The molecule has 1 aliphatic carbocycles. The normalized spacial score (nSPS) is 13.8. The minimum absolute atomic E-state index is 0.00786. The van der Waals surface area contributed by atoms with Crippen LogP contribution < -0.4 is 20.7 Å². The van der Waals surface area contributed by atoms with E-state index in [0.29, 0.717) is 17.7 Å². The second-order valence-electron chi connectivity index (χ2n) is 6.52. The number of aromatic amines is 1. The SMILES string of the molecule is CNC(=O)COc1ccc(Nc2nc(NC3CCC3)c3cc[nH]c3n2)cc1. The molecule has 1 fully saturated rings. The number of rotatable bonds is 7. The molecule has 0 saturated heterocycles. The summed E-state index contributed by atoms with van der Waals surface area (Å²) in [4.78, 5) is 23.6. The lowest BCUT2D eigenvalue weighted by atomic mass is 9.93. The van der Waals surface area contributed by atoms with E-state index in [1.165, 1.54) is 19.3 Å². The molecular weight excluding hydrogens is 344 g/mol. The molecule has 27 heavy (non-hydrogen) atoms. The molecule has 0 atom stereocenters. The van der Waals surface area contributed by atoms with E-state index >= 15 is 0 Å². The predicted molar refractivity (Wildman–Crippen MR) is 104 cm³/mol. The van der Waals surface area contributed by atoms with Crippen LogP contribution in [-0.2, 0) is 4.79 Å². The first-order valence-electron chi connectivity index (χ1n) is 9.03. The first-order valence-corrected chi connectivity index (χ1v) is 9.03. The number of fused-ring (bicyclic) bond motifs is 1. The van der Waals surface area contributed by atoms with Crippen molar-refractivity contribution in [3.05, 3.63) is 36.5 Å². The number of nitrogens with one attached hydrogen (secondary N) is 4. The van der Waals surface area contributed by atoms with E-state index in [4.69, 9.17) is 4.74 Å². The Morgan fingerprint density at radius 1 is 1.22 bits per heavy atom. The van der Waals surface area contributed by atoms with Crippen LogP contribution in [0.25, 0.3) is 11.0 Å². The Balaban J connectivity index is 1.48. The van der Waals surface area contributed by atoms with Gasteiger partial charge < -0.3 is 25.7 Å². The van der Waals surface area contributed by atoms with E-state index in [0.717, 1.165) is 22.5 Å². The number of nitrogens with zero attached hydrogens (tertiary/aromatic N) is 2. The van der Waals surface area contributed by atoms with Gasteiger partial charge in [0.05, 0.1) is 5.39 Å². The minimum atomic E-state index is -0.170. The Morgan fingerprint density at radius 3 is 2.74 bits per heavy atom. The van der Waals surface area contributed by atoms with Crippen molar-refractivity contribution in [1.29, 1.82) is 0 Å². The smallest absolute Gasteiger partial charge is 0.257 e. The first-order chi connectivity index (χ1) is 13.2. The third-order valence-corrected chi connectivity index (χ3v) is 4.62. The van der Waals surface area contributed by atoms with Crippen LogP contribution in [0.1, 0.15) is 19.3 Å². The number of hydrogen-bond acceptors (Lipinski definition) is 6. The van der Waals surface area contributed by atoms with Gasteiger partial charge in [0.15, 0.2) is 6.61 Å². The van der Waals surface area contributed by atoms with Crippen LogP contribution in [0.15, 0.2) is 36.5 Å². The number of amides is 1. The van der Waals surface area contributed by atoms with Crippen molar-refractivity contribution in [2.24, 2.45) is 0 Å². The summed E-state index contributed by atoms with van der Waals surface area (Å²) in [6, 6.07) is 9.79. The maximum absolute atomic E-state index is 11.2. The number of hydrogen-bond donors (Lipinski definition) is 4. The fourth-order valence-corrected chi connectivity index (χ4v) is 2.84. The zero-order valence-electron chi connectivity index (χ0n) is 15.1. The summed E-state index contributed by atoms with van der Waals surface area (Å²) in [5, 5.41) is 10.2. The predicted octanol–water partition coefficient (Wildman–Crippen LogP) is 2.79. The van der Waals surface area contributed by atoms with Crippen molar-refractivity contribution in [3.8, 4) is 5.75 Å². The molecule has 8 nitrogen and oxygen atoms in total. The van der Waals surface area contributed by atoms with Crippen molar-refractivity contribution in [1.82, 2.24) is 20.3 Å². The molecule has 0 spiro atoms. The molecule has 8 heteroatoms. The molecule has 140 valence electrons. The highest BCUT2D eigenvalue weighted by molar-refractivity contribution is 5.88. The van der Waals surface area contributed by atoms with Gasteiger partial charge in [-0.05, 0) is 49.6 Å². The summed E-state index contributed by atoms with van der Waals surface area (Å²) >= 11 is 0. The molecular formula is C19H22N6O2. The molecule has 3 aromatic rings. The number of benzene rings is 1. The van der Waals surface area contributed by atoms with Gasteiger partial charge in [-0.2, -0.15) is 9.97 Å². The topological polar surface area (TPSA) is 104 Å². The molecule has 1 amide bonds. The number of anilines is 3. The lowest BCUT2D eigenvalue weighted by Crippen LogP contribution is -2.27. The molecule has 4 rings (SSSR count). The van der Waals surface area contributed by atoms with Crippen molar-refractivity contribution in [3.63, 3.8) is 0 Å². The second kappa shape index (κ2) is 7.53. The Labute approximate surface area is 156 Å². The van der Waals surface area contributed by atoms with Crippen LogP contribution in [0.4, 0.5) is 17.5 Å². The Bertz CT molecular complexity index is 933. The second-order valence-corrected chi connectivity index (χ2v) is 6.52. The Morgan fingerprint density at radius 2 is 2.04 bits per heavy atom. The van der Waals surface area contributed by atoms with Crippen molar-refractivity contribution in [2.75, 3.05) is 24.3 Å². The fourth-order valence-electron chi connectivity index (χ4n) is 2.84. The molecule has 2 heterocycles. The van der Waals surface area contributed by atoms with Gasteiger partial charge in [-0.1, -0.05) is 0 Å². The Kier molecular flexibility index (Phi) is 4.78. The van der Waals surface area contributed by atoms with E-state index < -0.39 is 0 Å². The van der Waals surface area contributed by atoms with Crippen molar-refractivity contribution >= 4 is 34.4 Å². The van der Waals surface area contributed by atoms with Gasteiger partial charge in [-0.25, -0.2) is 0 Å². The zero-order chi connectivity index (χ0) is 18.6. The van der Waals surface area contributed by atoms with E-state index in [1.807, 2.05) is 24.4 Å².